The summed E-state index contributed by atoms with van der Waals surface area (Å²) >= 11 is 2.10. The van der Waals surface area contributed by atoms with Crippen molar-refractivity contribution in [2.75, 3.05) is 29.9 Å². The zero-order chi connectivity index (χ0) is 17.1. The molecule has 1 aliphatic heterocycles. The lowest BCUT2D eigenvalue weighted by atomic mass is 10.0. The molecule has 8 heteroatoms. The van der Waals surface area contributed by atoms with Crippen LogP contribution in [0.2, 0.25) is 0 Å². The number of benzene rings is 1. The fourth-order valence-electron chi connectivity index (χ4n) is 3.08. The average molecular weight is 439 g/mol. The molecule has 0 bridgehead atoms. The first-order chi connectivity index (χ1) is 11.6. The summed E-state index contributed by atoms with van der Waals surface area (Å²) in [6.45, 7) is 1.70. The Bertz CT molecular complexity index is 728. The van der Waals surface area contributed by atoms with Crippen molar-refractivity contribution < 1.29 is 4.92 Å². The number of nitro benzene ring substituents is 1. The van der Waals surface area contributed by atoms with E-state index < -0.39 is 0 Å². The third kappa shape index (κ3) is 3.58. The van der Waals surface area contributed by atoms with E-state index >= 15 is 0 Å². The van der Waals surface area contributed by atoms with E-state index in [1.807, 2.05) is 36.2 Å². The fourth-order valence-corrected chi connectivity index (χ4v) is 3.55. The fraction of sp³-hybridized carbons (Fsp3) is 0.375. The number of nitrogens with zero attached hydrogens (tertiary/aromatic N) is 5. The lowest BCUT2D eigenvalue weighted by Crippen LogP contribution is -2.47. The van der Waals surface area contributed by atoms with Gasteiger partial charge in [-0.15, -0.1) is 5.10 Å². The lowest BCUT2D eigenvalue weighted by Gasteiger charge is -2.38. The van der Waals surface area contributed by atoms with Gasteiger partial charge >= 0.3 is 0 Å². The van der Waals surface area contributed by atoms with Gasteiger partial charge in [-0.25, -0.2) is 0 Å². The van der Waals surface area contributed by atoms with Crippen LogP contribution in [-0.2, 0) is 0 Å². The van der Waals surface area contributed by atoms with E-state index in [0.717, 1.165) is 35.3 Å². The molecule has 126 valence electrons. The Kier molecular flexibility index (Phi) is 5.12. The first-order valence-corrected chi connectivity index (χ1v) is 8.83. The molecule has 1 aromatic carbocycles. The van der Waals surface area contributed by atoms with E-state index in [1.54, 1.807) is 12.3 Å². The minimum Gasteiger partial charge on any atom is -0.364 e. The number of hydrogen-bond acceptors (Lipinski definition) is 6. The van der Waals surface area contributed by atoms with Crippen LogP contribution in [0, 0.1) is 13.7 Å². The Morgan fingerprint density at radius 3 is 2.96 bits per heavy atom. The van der Waals surface area contributed by atoms with Crippen molar-refractivity contribution in [3.63, 3.8) is 0 Å². The Balaban J connectivity index is 1.82. The van der Waals surface area contributed by atoms with E-state index in [1.165, 1.54) is 0 Å². The van der Waals surface area contributed by atoms with Gasteiger partial charge in [0, 0.05) is 42.0 Å². The van der Waals surface area contributed by atoms with Crippen molar-refractivity contribution in [1.29, 1.82) is 0 Å². The molecule has 2 heterocycles. The van der Waals surface area contributed by atoms with Crippen molar-refractivity contribution in [2.45, 2.75) is 18.9 Å². The maximum absolute atomic E-state index is 11.4. The molecular formula is C16H18IN5O2. The molecule has 3 rings (SSSR count). The van der Waals surface area contributed by atoms with Gasteiger partial charge < -0.3 is 9.80 Å². The van der Waals surface area contributed by atoms with Crippen molar-refractivity contribution in [3.05, 3.63) is 50.2 Å². The van der Waals surface area contributed by atoms with Gasteiger partial charge in [0.05, 0.1) is 4.92 Å². The molecule has 0 aliphatic carbocycles. The number of nitro groups is 1. The number of likely N-dealkylation sites (N-methyl/N-ethyl adjacent to an activating group) is 1. The van der Waals surface area contributed by atoms with Crippen LogP contribution < -0.4 is 9.80 Å². The van der Waals surface area contributed by atoms with E-state index in [9.17, 15) is 10.1 Å². The molecule has 1 aromatic heterocycles. The van der Waals surface area contributed by atoms with Crippen molar-refractivity contribution in [2.24, 2.45) is 0 Å². The molecule has 1 saturated heterocycles. The summed E-state index contributed by atoms with van der Waals surface area (Å²) < 4.78 is 0.862. The van der Waals surface area contributed by atoms with Crippen LogP contribution >= 0.6 is 22.6 Å². The highest BCUT2D eigenvalue weighted by Crippen LogP contribution is 2.32. The van der Waals surface area contributed by atoms with E-state index in [-0.39, 0.29) is 16.7 Å². The van der Waals surface area contributed by atoms with Crippen molar-refractivity contribution in [1.82, 2.24) is 10.2 Å². The highest BCUT2D eigenvalue weighted by atomic mass is 127. The Labute approximate surface area is 154 Å². The normalized spacial score (nSPS) is 17.6. The first-order valence-electron chi connectivity index (χ1n) is 7.75. The summed E-state index contributed by atoms with van der Waals surface area (Å²) in [5.41, 5.74) is 0.812. The van der Waals surface area contributed by atoms with Crippen LogP contribution in [0.25, 0.3) is 0 Å². The van der Waals surface area contributed by atoms with Crippen LogP contribution in [0.4, 0.5) is 17.2 Å². The van der Waals surface area contributed by atoms with Gasteiger partial charge in [0.2, 0.25) is 0 Å². The van der Waals surface area contributed by atoms with Crippen LogP contribution in [0.5, 0.6) is 0 Å². The first kappa shape index (κ1) is 16.9. The van der Waals surface area contributed by atoms with E-state index in [0.29, 0.717) is 5.69 Å². The predicted octanol–water partition coefficient (Wildman–Crippen LogP) is 3.09. The molecule has 1 unspecified atom stereocenters. The summed E-state index contributed by atoms with van der Waals surface area (Å²) in [6.07, 6.45) is 3.67. The largest absolute Gasteiger partial charge is 0.364 e. The highest BCUT2D eigenvalue weighted by Gasteiger charge is 2.28. The third-order valence-electron chi connectivity index (χ3n) is 4.34. The monoisotopic (exact) mass is 439 g/mol. The zero-order valence-electron chi connectivity index (χ0n) is 13.3. The summed E-state index contributed by atoms with van der Waals surface area (Å²) in [4.78, 5) is 15.3. The Morgan fingerprint density at radius 2 is 2.25 bits per heavy atom. The molecule has 0 saturated carbocycles. The molecule has 0 N–H and O–H groups in total. The van der Waals surface area contributed by atoms with Crippen LogP contribution in [-0.4, -0.2) is 41.3 Å². The standard InChI is InChI=1S/C16H18IN5O2/c1-20(14-7-6-12(17)10-15(14)22(23)24)13-4-3-9-21(11-13)16-5-2-8-18-19-16/h2,5-8,10,13H,3-4,9,11H2,1H3. The quantitative estimate of drug-likeness (QED) is 0.414. The van der Waals surface area contributed by atoms with Gasteiger partial charge in [-0.1, -0.05) is 0 Å². The smallest absolute Gasteiger partial charge is 0.293 e. The SMILES string of the molecule is CN(c1ccc(I)cc1[N+](=O)[O-])C1CCCN(c2cccnn2)C1. The number of anilines is 2. The number of halogens is 1. The second-order valence-electron chi connectivity index (χ2n) is 5.82. The highest BCUT2D eigenvalue weighted by molar-refractivity contribution is 14.1. The van der Waals surface area contributed by atoms with Crippen molar-refractivity contribution >= 4 is 39.8 Å². The molecule has 0 radical (unpaired) electrons. The third-order valence-corrected chi connectivity index (χ3v) is 5.01. The molecule has 1 atom stereocenters. The topological polar surface area (TPSA) is 75.4 Å². The number of piperidine rings is 1. The molecule has 1 aliphatic rings. The number of rotatable bonds is 4. The minimum atomic E-state index is -0.308. The molecule has 1 fully saturated rings. The summed E-state index contributed by atoms with van der Waals surface area (Å²) in [6, 6.07) is 9.38. The van der Waals surface area contributed by atoms with Gasteiger partial charge in [0.1, 0.15) is 5.69 Å². The van der Waals surface area contributed by atoms with Crippen LogP contribution in [0.15, 0.2) is 36.5 Å². The number of hydrogen-bond donors (Lipinski definition) is 0. The maximum Gasteiger partial charge on any atom is 0.293 e. The summed E-state index contributed by atoms with van der Waals surface area (Å²) in [5, 5.41) is 19.5. The van der Waals surface area contributed by atoms with Gasteiger partial charge in [-0.05, 0) is 59.7 Å². The Hall–Kier alpha value is -1.97. The summed E-state index contributed by atoms with van der Waals surface area (Å²) in [7, 11) is 1.93. The van der Waals surface area contributed by atoms with Gasteiger partial charge in [0.15, 0.2) is 5.82 Å². The molecule has 24 heavy (non-hydrogen) atoms. The van der Waals surface area contributed by atoms with E-state index in [2.05, 4.69) is 37.7 Å². The zero-order valence-corrected chi connectivity index (χ0v) is 15.5. The summed E-state index contributed by atoms with van der Waals surface area (Å²) in [5.74, 6) is 0.854. The lowest BCUT2D eigenvalue weighted by molar-refractivity contribution is -0.384. The van der Waals surface area contributed by atoms with Crippen LogP contribution in [0.3, 0.4) is 0 Å². The van der Waals surface area contributed by atoms with Gasteiger partial charge in [-0.3, -0.25) is 10.1 Å². The number of aromatic nitrogens is 2. The average Bonchev–Trinajstić information content (AvgIpc) is 2.62. The Morgan fingerprint density at radius 1 is 1.42 bits per heavy atom. The minimum absolute atomic E-state index is 0.154. The molecular weight excluding hydrogens is 421 g/mol. The van der Waals surface area contributed by atoms with Crippen molar-refractivity contribution in [3.8, 4) is 0 Å². The molecule has 2 aromatic rings. The predicted molar refractivity (Wildman–Crippen MR) is 101 cm³/mol. The van der Waals surface area contributed by atoms with Gasteiger partial charge in [0.25, 0.3) is 5.69 Å². The molecule has 7 nitrogen and oxygen atoms in total. The second kappa shape index (κ2) is 7.29. The van der Waals surface area contributed by atoms with E-state index in [4.69, 9.17) is 0 Å². The molecule has 0 amide bonds. The van der Waals surface area contributed by atoms with Gasteiger partial charge in [-0.2, -0.15) is 5.10 Å². The second-order valence-corrected chi connectivity index (χ2v) is 7.07. The molecule has 0 spiro atoms. The maximum atomic E-state index is 11.4. The van der Waals surface area contributed by atoms with Crippen LogP contribution in [0.1, 0.15) is 12.8 Å².